The average molecular weight is 419 g/mol. The first-order chi connectivity index (χ1) is 15.0. The summed E-state index contributed by atoms with van der Waals surface area (Å²) in [6.45, 7) is 0.637. The second kappa shape index (κ2) is 9.04. The maximum atomic E-state index is 12.4. The molecule has 1 amide bonds. The Bertz CT molecular complexity index is 1140. The van der Waals surface area contributed by atoms with E-state index in [0.717, 1.165) is 12.8 Å². The first kappa shape index (κ1) is 20.7. The Balaban J connectivity index is 1.43. The summed E-state index contributed by atoms with van der Waals surface area (Å²) in [5.41, 5.74) is 0.200. The summed E-state index contributed by atoms with van der Waals surface area (Å²) in [5, 5.41) is 19.0. The second-order valence-electron chi connectivity index (χ2n) is 7.97. The molecule has 4 rings (SSSR count). The van der Waals surface area contributed by atoms with E-state index in [2.05, 4.69) is 16.0 Å². The van der Waals surface area contributed by atoms with Crippen molar-refractivity contribution >= 4 is 28.7 Å². The molecule has 0 saturated heterocycles. The third-order valence-corrected chi connectivity index (χ3v) is 5.75. The Hall–Kier alpha value is -3.61. The van der Waals surface area contributed by atoms with Gasteiger partial charge in [-0.15, -0.1) is 0 Å². The van der Waals surface area contributed by atoms with Gasteiger partial charge in [0.05, 0.1) is 5.69 Å². The molecule has 0 heterocycles. The number of carbonyl (C=O) groups excluding carboxylic acids is 1. The molecule has 3 aromatic rings. The topological polar surface area (TPSA) is 108 Å². The third kappa shape index (κ3) is 4.60. The van der Waals surface area contributed by atoms with Gasteiger partial charge in [0.1, 0.15) is 17.1 Å². The van der Waals surface area contributed by atoms with Crippen molar-refractivity contribution in [2.24, 2.45) is 5.92 Å². The van der Waals surface area contributed by atoms with Crippen LogP contribution in [0.15, 0.2) is 58.1 Å². The van der Waals surface area contributed by atoms with Gasteiger partial charge in [0.15, 0.2) is 0 Å². The van der Waals surface area contributed by atoms with Crippen molar-refractivity contribution in [1.82, 2.24) is 5.32 Å². The van der Waals surface area contributed by atoms with Crippen LogP contribution in [-0.4, -0.2) is 17.6 Å². The van der Waals surface area contributed by atoms with E-state index in [1.54, 1.807) is 18.2 Å². The van der Waals surface area contributed by atoms with E-state index in [1.165, 1.54) is 31.4 Å². The molecule has 4 N–H and O–H groups in total. The molecule has 1 fully saturated rings. The minimum Gasteiger partial charge on any atom is -0.506 e. The van der Waals surface area contributed by atoms with E-state index in [0.29, 0.717) is 23.7 Å². The van der Waals surface area contributed by atoms with E-state index >= 15 is 0 Å². The van der Waals surface area contributed by atoms with E-state index in [1.807, 2.05) is 18.2 Å². The molecule has 3 aromatic carbocycles. The normalized spacial score (nSPS) is 14.3. The highest BCUT2D eigenvalue weighted by atomic mass is 16.3. The Kier molecular flexibility index (Phi) is 6.02. The number of nitrogens with one attached hydrogen (secondary N) is 3. The maximum absolute atomic E-state index is 12.4. The largest absolute Gasteiger partial charge is 0.506 e. The zero-order valence-electron chi connectivity index (χ0n) is 17.1. The van der Waals surface area contributed by atoms with Crippen LogP contribution in [0.4, 0.5) is 22.7 Å². The van der Waals surface area contributed by atoms with Crippen LogP contribution in [0.3, 0.4) is 0 Å². The summed E-state index contributed by atoms with van der Waals surface area (Å²) in [4.78, 5) is 36.4. The Morgan fingerprint density at radius 3 is 2.26 bits per heavy atom. The quantitative estimate of drug-likeness (QED) is 0.343. The number of para-hydroxylation sites is 1. The molecule has 0 spiro atoms. The minimum atomic E-state index is -0.660. The van der Waals surface area contributed by atoms with Gasteiger partial charge in [0.2, 0.25) is 0 Å². The number of anilines is 4. The highest BCUT2D eigenvalue weighted by molar-refractivity contribution is 5.95. The molecule has 31 heavy (non-hydrogen) atoms. The molecule has 1 aliphatic rings. The summed E-state index contributed by atoms with van der Waals surface area (Å²) in [6.07, 6.45) is 5.95. The number of phenols is 1. The standard InChI is InChI=1S/C24H25N3O4/c28-19-13-16(24(31)25-14-15-7-3-1-4-8-15)11-12-18(19)27-21-20(22(29)23(21)30)26-17-9-5-2-6-10-17/h2,5-6,9-13,15,26-28H,1,3-4,7-8,14H2,(H,25,31). The number of aromatic hydroxyl groups is 1. The van der Waals surface area contributed by atoms with Gasteiger partial charge in [0, 0.05) is 17.8 Å². The molecular weight excluding hydrogens is 394 g/mol. The monoisotopic (exact) mass is 419 g/mol. The number of rotatable bonds is 7. The second-order valence-corrected chi connectivity index (χ2v) is 7.97. The fourth-order valence-electron chi connectivity index (χ4n) is 3.94. The minimum absolute atomic E-state index is 0.0821. The van der Waals surface area contributed by atoms with Gasteiger partial charge in [0.25, 0.3) is 16.8 Å². The van der Waals surface area contributed by atoms with Crippen LogP contribution < -0.4 is 26.8 Å². The number of phenolic OH excluding ortho intramolecular Hbond substituents is 1. The van der Waals surface area contributed by atoms with Crippen LogP contribution in [0.25, 0.3) is 0 Å². The van der Waals surface area contributed by atoms with E-state index in [9.17, 15) is 19.5 Å². The van der Waals surface area contributed by atoms with Gasteiger partial charge in [-0.1, -0.05) is 37.5 Å². The molecule has 0 aromatic heterocycles. The Labute approximate surface area is 179 Å². The van der Waals surface area contributed by atoms with E-state index in [-0.39, 0.29) is 28.7 Å². The number of hydrogen-bond acceptors (Lipinski definition) is 6. The molecule has 7 heteroatoms. The van der Waals surface area contributed by atoms with Gasteiger partial charge in [-0.2, -0.15) is 0 Å². The fourth-order valence-corrected chi connectivity index (χ4v) is 3.94. The Morgan fingerprint density at radius 1 is 0.903 bits per heavy atom. The first-order valence-corrected chi connectivity index (χ1v) is 10.6. The van der Waals surface area contributed by atoms with Crippen LogP contribution in [0, 0.1) is 5.92 Å². The molecular formula is C24H25N3O4. The molecule has 160 valence electrons. The SMILES string of the molecule is O=C(NCC1CCCCC1)c1ccc(Nc2c(Nc3ccccc3)c(=O)c2=O)c(O)c1. The van der Waals surface area contributed by atoms with Crippen LogP contribution in [0.1, 0.15) is 42.5 Å². The van der Waals surface area contributed by atoms with Crippen molar-refractivity contribution in [2.75, 3.05) is 17.2 Å². The molecule has 0 radical (unpaired) electrons. The smallest absolute Gasteiger partial charge is 0.253 e. The lowest BCUT2D eigenvalue weighted by molar-refractivity contribution is 0.0943. The molecule has 7 nitrogen and oxygen atoms in total. The van der Waals surface area contributed by atoms with Crippen LogP contribution in [0.5, 0.6) is 5.75 Å². The fraction of sp³-hybridized carbons (Fsp3) is 0.292. The lowest BCUT2D eigenvalue weighted by atomic mass is 9.89. The van der Waals surface area contributed by atoms with Gasteiger partial charge in [-0.25, -0.2) is 0 Å². The number of benzene rings is 2. The van der Waals surface area contributed by atoms with Gasteiger partial charge >= 0.3 is 0 Å². The van der Waals surface area contributed by atoms with E-state index < -0.39 is 10.9 Å². The average Bonchev–Trinajstić information content (AvgIpc) is 2.81. The van der Waals surface area contributed by atoms with Crippen molar-refractivity contribution < 1.29 is 9.90 Å². The van der Waals surface area contributed by atoms with Gasteiger partial charge in [-0.05, 0) is 49.1 Å². The molecule has 0 aliphatic heterocycles. The lowest BCUT2D eigenvalue weighted by Crippen LogP contribution is -2.35. The van der Waals surface area contributed by atoms with Crippen LogP contribution in [0.2, 0.25) is 0 Å². The van der Waals surface area contributed by atoms with Crippen molar-refractivity contribution in [1.29, 1.82) is 0 Å². The maximum Gasteiger partial charge on any atom is 0.253 e. The predicted octanol–water partition coefficient (Wildman–Crippen LogP) is 3.79. The molecule has 1 saturated carbocycles. The number of amides is 1. The first-order valence-electron chi connectivity index (χ1n) is 10.6. The third-order valence-electron chi connectivity index (χ3n) is 5.75. The van der Waals surface area contributed by atoms with Gasteiger partial charge < -0.3 is 21.1 Å². The lowest BCUT2D eigenvalue weighted by Gasteiger charge is -2.21. The summed E-state index contributed by atoms with van der Waals surface area (Å²) >= 11 is 0. The summed E-state index contributed by atoms with van der Waals surface area (Å²) in [6, 6.07) is 13.5. The molecule has 0 unspecified atom stereocenters. The van der Waals surface area contributed by atoms with Crippen molar-refractivity contribution in [2.45, 2.75) is 32.1 Å². The molecule has 0 bridgehead atoms. The number of hydrogen-bond donors (Lipinski definition) is 4. The van der Waals surface area contributed by atoms with E-state index in [4.69, 9.17) is 0 Å². The molecule has 0 atom stereocenters. The van der Waals surface area contributed by atoms with Gasteiger partial charge in [-0.3, -0.25) is 14.4 Å². The number of carbonyl (C=O) groups is 1. The highest BCUT2D eigenvalue weighted by Gasteiger charge is 2.22. The van der Waals surface area contributed by atoms with Crippen molar-refractivity contribution in [3.05, 3.63) is 74.5 Å². The van der Waals surface area contributed by atoms with Crippen LogP contribution in [-0.2, 0) is 0 Å². The summed E-state index contributed by atoms with van der Waals surface area (Å²) in [7, 11) is 0. The zero-order chi connectivity index (χ0) is 21.8. The predicted molar refractivity (Wildman–Crippen MR) is 121 cm³/mol. The van der Waals surface area contributed by atoms with Crippen molar-refractivity contribution in [3.63, 3.8) is 0 Å². The van der Waals surface area contributed by atoms with Crippen molar-refractivity contribution in [3.8, 4) is 5.75 Å². The zero-order valence-corrected chi connectivity index (χ0v) is 17.1. The summed E-state index contributed by atoms with van der Waals surface area (Å²) in [5.74, 6) is 0.0915. The molecule has 1 aliphatic carbocycles. The highest BCUT2D eigenvalue weighted by Crippen LogP contribution is 2.30. The Morgan fingerprint density at radius 2 is 1.58 bits per heavy atom. The van der Waals surface area contributed by atoms with Crippen LogP contribution >= 0.6 is 0 Å². The summed E-state index contributed by atoms with van der Waals surface area (Å²) < 4.78 is 0.